The van der Waals surface area contributed by atoms with Gasteiger partial charge in [-0.3, -0.25) is 4.98 Å². The average molecular weight is 308 g/mol. The Morgan fingerprint density at radius 2 is 1.90 bits per heavy atom. The van der Waals surface area contributed by atoms with Crippen LogP contribution < -0.4 is 5.32 Å². The fraction of sp³-hybridized carbons (Fsp3) is 0.643. The summed E-state index contributed by atoms with van der Waals surface area (Å²) < 4.78 is 53.7. The number of nitrogens with one attached hydrogen (secondary N) is 1. The molecule has 0 aliphatic rings. The fourth-order valence-electron chi connectivity index (χ4n) is 1.37. The Labute approximate surface area is 121 Å². The minimum Gasteiger partial charge on any atom is -0.369 e. The average Bonchev–Trinajstić information content (AvgIpc) is 2.36. The minimum absolute atomic E-state index is 0.0252. The molecule has 0 unspecified atom stereocenters. The highest BCUT2D eigenvalue weighted by atomic mass is 19.3. The summed E-state index contributed by atoms with van der Waals surface area (Å²) in [5.74, 6) is -4.13. The molecule has 120 valence electrons. The number of rotatable bonds is 7. The summed E-state index contributed by atoms with van der Waals surface area (Å²) in [6.45, 7) is 5.18. The van der Waals surface area contributed by atoms with E-state index in [1.54, 1.807) is 18.3 Å². The lowest BCUT2D eigenvalue weighted by Gasteiger charge is -2.20. The minimum atomic E-state index is -4.13. The van der Waals surface area contributed by atoms with Crippen molar-refractivity contribution in [3.05, 3.63) is 29.6 Å². The first-order valence-electron chi connectivity index (χ1n) is 6.53. The van der Waals surface area contributed by atoms with Gasteiger partial charge >= 0.3 is 12.3 Å². The smallest absolute Gasteiger partial charge is 0.330 e. The van der Waals surface area contributed by atoms with Gasteiger partial charge in [0.25, 0.3) is 0 Å². The standard InChI is InChI=1S/C14H20F4N2O/c1-13(2,3)20-7-10-4-5-11(19-6-10)8-21-9-14(17,18)12(15)16/h4-6,12,20H,7-9H2,1-3H3. The Bertz CT molecular complexity index is 430. The zero-order valence-corrected chi connectivity index (χ0v) is 12.3. The van der Waals surface area contributed by atoms with Gasteiger partial charge in [-0.25, -0.2) is 8.78 Å². The van der Waals surface area contributed by atoms with Crippen molar-refractivity contribution < 1.29 is 22.3 Å². The Morgan fingerprint density at radius 1 is 1.24 bits per heavy atom. The van der Waals surface area contributed by atoms with Crippen molar-refractivity contribution in [2.24, 2.45) is 0 Å². The van der Waals surface area contributed by atoms with Crippen LogP contribution in [0.15, 0.2) is 18.3 Å². The monoisotopic (exact) mass is 308 g/mol. The molecule has 0 radical (unpaired) electrons. The molecule has 0 saturated carbocycles. The van der Waals surface area contributed by atoms with E-state index >= 15 is 0 Å². The van der Waals surface area contributed by atoms with Crippen LogP contribution in [-0.4, -0.2) is 29.5 Å². The number of alkyl halides is 4. The number of ether oxygens (including phenoxy) is 1. The van der Waals surface area contributed by atoms with Gasteiger partial charge in [-0.1, -0.05) is 6.07 Å². The molecule has 1 N–H and O–H groups in total. The maximum absolute atomic E-state index is 12.6. The molecule has 0 spiro atoms. The maximum Gasteiger partial charge on any atom is 0.330 e. The number of hydrogen-bond acceptors (Lipinski definition) is 3. The first-order valence-corrected chi connectivity index (χ1v) is 6.53. The second kappa shape index (κ2) is 7.17. The molecule has 1 aromatic heterocycles. The Morgan fingerprint density at radius 3 is 2.38 bits per heavy atom. The van der Waals surface area contributed by atoms with Crippen molar-refractivity contribution >= 4 is 0 Å². The Kier molecular flexibility index (Phi) is 6.10. The van der Waals surface area contributed by atoms with Crippen LogP contribution in [0.3, 0.4) is 0 Å². The van der Waals surface area contributed by atoms with Crippen LogP contribution in [0.25, 0.3) is 0 Å². The third-order valence-corrected chi connectivity index (χ3v) is 2.57. The largest absolute Gasteiger partial charge is 0.369 e. The van der Waals surface area contributed by atoms with E-state index < -0.39 is 19.0 Å². The summed E-state index contributed by atoms with van der Waals surface area (Å²) in [6, 6.07) is 3.41. The molecule has 1 heterocycles. The van der Waals surface area contributed by atoms with E-state index in [1.165, 1.54) is 0 Å². The van der Waals surface area contributed by atoms with Crippen molar-refractivity contribution in [2.45, 2.75) is 51.8 Å². The summed E-state index contributed by atoms with van der Waals surface area (Å²) in [5.41, 5.74) is 1.33. The van der Waals surface area contributed by atoms with Crippen LogP contribution in [0.5, 0.6) is 0 Å². The molecular formula is C14H20F4N2O. The lowest BCUT2D eigenvalue weighted by molar-refractivity contribution is -0.168. The third kappa shape index (κ3) is 6.86. The highest BCUT2D eigenvalue weighted by Crippen LogP contribution is 2.23. The van der Waals surface area contributed by atoms with Gasteiger partial charge in [0.2, 0.25) is 0 Å². The van der Waals surface area contributed by atoms with E-state index in [4.69, 9.17) is 0 Å². The summed E-state index contributed by atoms with van der Waals surface area (Å²) in [7, 11) is 0. The lowest BCUT2D eigenvalue weighted by atomic mass is 10.1. The van der Waals surface area contributed by atoms with Crippen molar-refractivity contribution in [3.63, 3.8) is 0 Å². The third-order valence-electron chi connectivity index (χ3n) is 2.57. The number of aromatic nitrogens is 1. The van der Waals surface area contributed by atoms with E-state index in [-0.39, 0.29) is 12.1 Å². The van der Waals surface area contributed by atoms with Crippen LogP contribution in [0.2, 0.25) is 0 Å². The molecule has 3 nitrogen and oxygen atoms in total. The van der Waals surface area contributed by atoms with Crippen LogP contribution in [0, 0.1) is 0 Å². The number of nitrogens with zero attached hydrogens (tertiary/aromatic N) is 1. The van der Waals surface area contributed by atoms with E-state index in [2.05, 4.69) is 15.0 Å². The second-order valence-electron chi connectivity index (χ2n) is 5.82. The molecule has 0 aromatic carbocycles. The molecule has 0 bridgehead atoms. The summed E-state index contributed by atoms with van der Waals surface area (Å²) in [4.78, 5) is 4.05. The van der Waals surface area contributed by atoms with E-state index in [1.807, 2.05) is 20.8 Å². The highest BCUT2D eigenvalue weighted by molar-refractivity contribution is 5.13. The molecular weight excluding hydrogens is 288 g/mol. The van der Waals surface area contributed by atoms with E-state index in [9.17, 15) is 17.6 Å². The van der Waals surface area contributed by atoms with Gasteiger partial charge in [0, 0.05) is 18.3 Å². The van der Waals surface area contributed by atoms with Gasteiger partial charge in [-0.05, 0) is 32.4 Å². The summed E-state index contributed by atoms with van der Waals surface area (Å²) >= 11 is 0. The second-order valence-corrected chi connectivity index (χ2v) is 5.82. The molecule has 21 heavy (non-hydrogen) atoms. The van der Waals surface area contributed by atoms with Gasteiger partial charge in [-0.2, -0.15) is 8.78 Å². The van der Waals surface area contributed by atoms with Crippen LogP contribution >= 0.6 is 0 Å². The first kappa shape index (κ1) is 17.8. The quantitative estimate of drug-likeness (QED) is 0.784. The van der Waals surface area contributed by atoms with E-state index in [0.717, 1.165) is 5.56 Å². The topological polar surface area (TPSA) is 34.1 Å². The zero-order valence-electron chi connectivity index (χ0n) is 12.3. The number of halogens is 4. The van der Waals surface area contributed by atoms with Crippen molar-refractivity contribution in [2.75, 3.05) is 6.61 Å². The predicted octanol–water partition coefficient (Wildman–Crippen LogP) is 3.39. The van der Waals surface area contributed by atoms with Crippen LogP contribution in [-0.2, 0) is 17.9 Å². The van der Waals surface area contributed by atoms with Crippen molar-refractivity contribution in [3.8, 4) is 0 Å². The molecule has 0 atom stereocenters. The maximum atomic E-state index is 12.6. The predicted molar refractivity (Wildman–Crippen MR) is 71.4 cm³/mol. The zero-order chi connectivity index (χ0) is 16.1. The van der Waals surface area contributed by atoms with Crippen LogP contribution in [0.4, 0.5) is 17.6 Å². The molecule has 1 aromatic rings. The lowest BCUT2D eigenvalue weighted by Crippen LogP contribution is -2.35. The summed E-state index contributed by atoms with van der Waals surface area (Å²) in [5, 5.41) is 3.28. The SMILES string of the molecule is CC(C)(C)NCc1ccc(COCC(F)(F)C(F)F)nc1. The molecule has 0 fully saturated rings. The van der Waals surface area contributed by atoms with E-state index in [0.29, 0.717) is 12.2 Å². The molecule has 0 aliphatic carbocycles. The van der Waals surface area contributed by atoms with Gasteiger partial charge in [0.15, 0.2) is 0 Å². The highest BCUT2D eigenvalue weighted by Gasteiger charge is 2.40. The Balaban J connectivity index is 2.41. The normalized spacial score (nSPS) is 13.0. The molecule has 7 heteroatoms. The summed E-state index contributed by atoms with van der Waals surface area (Å²) in [6.07, 6.45) is -2.13. The van der Waals surface area contributed by atoms with Gasteiger partial charge in [0.05, 0.1) is 12.3 Å². The van der Waals surface area contributed by atoms with Crippen molar-refractivity contribution in [1.82, 2.24) is 10.3 Å². The van der Waals surface area contributed by atoms with Gasteiger partial charge < -0.3 is 10.1 Å². The number of hydrogen-bond donors (Lipinski definition) is 1. The van der Waals surface area contributed by atoms with Gasteiger partial charge in [0.1, 0.15) is 6.61 Å². The Hall–Kier alpha value is -1.21. The molecule has 0 amide bonds. The number of pyridine rings is 1. The fourth-order valence-corrected chi connectivity index (χ4v) is 1.37. The molecule has 1 rings (SSSR count). The van der Waals surface area contributed by atoms with Gasteiger partial charge in [-0.15, -0.1) is 0 Å². The van der Waals surface area contributed by atoms with Crippen LogP contribution in [0.1, 0.15) is 32.0 Å². The molecule has 0 saturated heterocycles. The first-order chi connectivity index (χ1) is 9.60. The molecule has 0 aliphatic heterocycles. The van der Waals surface area contributed by atoms with Crippen molar-refractivity contribution in [1.29, 1.82) is 0 Å².